The van der Waals surface area contributed by atoms with Crippen LogP contribution in [0.2, 0.25) is 0 Å². The lowest BCUT2D eigenvalue weighted by Crippen LogP contribution is -2.33. The molecule has 2 heterocycles. The maximum absolute atomic E-state index is 12.6. The molecule has 0 radical (unpaired) electrons. The SMILES string of the molecule is O=C1N=c2c(ccc3c2=CC=N3)C=C1C(F)(F)F. The summed E-state index contributed by atoms with van der Waals surface area (Å²) in [6.45, 7) is 0. The van der Waals surface area contributed by atoms with Gasteiger partial charge in [0.2, 0.25) is 0 Å². The van der Waals surface area contributed by atoms with Gasteiger partial charge < -0.3 is 0 Å². The van der Waals surface area contributed by atoms with Crippen molar-refractivity contribution in [3.63, 3.8) is 0 Å². The minimum Gasteiger partial charge on any atom is -0.267 e. The average molecular weight is 250 g/mol. The molecule has 0 bridgehead atoms. The van der Waals surface area contributed by atoms with Crippen molar-refractivity contribution in [3.05, 3.63) is 33.8 Å². The normalized spacial score (nSPS) is 16.6. The van der Waals surface area contributed by atoms with Gasteiger partial charge in [-0.25, -0.2) is 4.99 Å². The van der Waals surface area contributed by atoms with E-state index in [1.807, 2.05) is 0 Å². The van der Waals surface area contributed by atoms with Gasteiger partial charge in [0.15, 0.2) is 0 Å². The Kier molecular flexibility index (Phi) is 2.04. The summed E-state index contributed by atoms with van der Waals surface area (Å²) in [5.74, 6) is -1.26. The summed E-state index contributed by atoms with van der Waals surface area (Å²) < 4.78 is 37.7. The molecule has 0 saturated heterocycles. The zero-order valence-corrected chi connectivity index (χ0v) is 8.82. The fourth-order valence-electron chi connectivity index (χ4n) is 1.91. The number of carbonyl (C=O) groups is 1. The van der Waals surface area contributed by atoms with Crippen LogP contribution in [0.15, 0.2) is 27.7 Å². The molecule has 18 heavy (non-hydrogen) atoms. The lowest BCUT2D eigenvalue weighted by atomic mass is 10.0. The Bertz CT molecular complexity index is 742. The molecule has 0 fully saturated rings. The number of rotatable bonds is 0. The number of halogens is 3. The molecule has 2 aliphatic rings. The Morgan fingerprint density at radius 2 is 1.94 bits per heavy atom. The average Bonchev–Trinajstić information content (AvgIpc) is 2.75. The van der Waals surface area contributed by atoms with Crippen molar-refractivity contribution in [2.45, 2.75) is 6.18 Å². The summed E-state index contributed by atoms with van der Waals surface area (Å²) in [7, 11) is 0. The van der Waals surface area contributed by atoms with Crippen molar-refractivity contribution in [1.82, 2.24) is 0 Å². The van der Waals surface area contributed by atoms with Crippen molar-refractivity contribution >= 4 is 30.0 Å². The quantitative estimate of drug-likeness (QED) is 0.684. The van der Waals surface area contributed by atoms with Crippen LogP contribution in [0.25, 0.3) is 12.2 Å². The molecule has 0 N–H and O–H groups in total. The van der Waals surface area contributed by atoms with E-state index in [1.165, 1.54) is 12.3 Å². The second-order valence-electron chi connectivity index (χ2n) is 3.85. The minimum absolute atomic E-state index is 0.253. The molecule has 0 spiro atoms. The molecule has 0 saturated carbocycles. The van der Waals surface area contributed by atoms with Crippen LogP contribution in [0.1, 0.15) is 5.56 Å². The predicted octanol–water partition coefficient (Wildman–Crippen LogP) is 1.29. The van der Waals surface area contributed by atoms with Crippen LogP contribution in [0.4, 0.5) is 18.9 Å². The number of amides is 1. The first-order chi connectivity index (χ1) is 8.47. The molecule has 0 atom stereocenters. The Balaban J connectivity index is 2.30. The van der Waals surface area contributed by atoms with Crippen LogP contribution in [-0.2, 0) is 4.79 Å². The van der Waals surface area contributed by atoms with Gasteiger partial charge in [0, 0.05) is 17.0 Å². The van der Waals surface area contributed by atoms with Crippen molar-refractivity contribution in [1.29, 1.82) is 0 Å². The van der Waals surface area contributed by atoms with E-state index in [-0.39, 0.29) is 10.9 Å². The minimum atomic E-state index is -4.68. The molecule has 0 aromatic heterocycles. The van der Waals surface area contributed by atoms with Gasteiger partial charge in [0.05, 0.1) is 11.0 Å². The topological polar surface area (TPSA) is 41.8 Å². The summed E-state index contributed by atoms with van der Waals surface area (Å²) in [5.41, 5.74) is -0.356. The van der Waals surface area contributed by atoms with Gasteiger partial charge in [-0.15, -0.1) is 0 Å². The highest BCUT2D eigenvalue weighted by atomic mass is 19.4. The number of nitrogens with zero attached hydrogens (tertiary/aromatic N) is 2. The van der Waals surface area contributed by atoms with E-state index in [9.17, 15) is 18.0 Å². The van der Waals surface area contributed by atoms with Crippen molar-refractivity contribution < 1.29 is 18.0 Å². The van der Waals surface area contributed by atoms with E-state index < -0.39 is 17.7 Å². The highest BCUT2D eigenvalue weighted by Crippen LogP contribution is 2.29. The Morgan fingerprint density at radius 3 is 2.67 bits per heavy atom. The van der Waals surface area contributed by atoms with Crippen molar-refractivity contribution in [3.8, 4) is 0 Å². The van der Waals surface area contributed by atoms with Gasteiger partial charge in [0.25, 0.3) is 5.91 Å². The van der Waals surface area contributed by atoms with Crippen LogP contribution >= 0.6 is 0 Å². The second-order valence-corrected chi connectivity index (χ2v) is 3.85. The number of hydrogen-bond acceptors (Lipinski definition) is 2. The van der Waals surface area contributed by atoms with Crippen LogP contribution < -0.4 is 10.6 Å². The molecule has 0 aliphatic carbocycles. The maximum atomic E-state index is 12.6. The highest BCUT2D eigenvalue weighted by molar-refractivity contribution is 6.02. The zero-order valence-electron chi connectivity index (χ0n) is 8.82. The molecular formula is C12H5F3N2O. The molecule has 6 heteroatoms. The molecule has 2 aliphatic heterocycles. The molecular weight excluding hydrogens is 245 g/mol. The number of aliphatic imine (C=N–C) groups is 1. The third kappa shape index (κ3) is 1.49. The molecule has 1 aromatic carbocycles. The van der Waals surface area contributed by atoms with Gasteiger partial charge in [0.1, 0.15) is 5.57 Å². The highest BCUT2D eigenvalue weighted by Gasteiger charge is 2.39. The van der Waals surface area contributed by atoms with E-state index in [4.69, 9.17) is 0 Å². The van der Waals surface area contributed by atoms with Gasteiger partial charge in [-0.2, -0.15) is 13.2 Å². The third-order valence-corrected chi connectivity index (χ3v) is 2.73. The van der Waals surface area contributed by atoms with E-state index >= 15 is 0 Å². The maximum Gasteiger partial charge on any atom is 0.421 e. The second kappa shape index (κ2) is 3.38. The van der Waals surface area contributed by atoms with E-state index in [0.29, 0.717) is 10.9 Å². The molecule has 90 valence electrons. The Labute approximate surface area is 98.7 Å². The zero-order chi connectivity index (χ0) is 12.9. The predicted molar refractivity (Wildman–Crippen MR) is 58.9 cm³/mol. The number of benzene rings is 1. The van der Waals surface area contributed by atoms with Crippen LogP contribution in [0.3, 0.4) is 0 Å². The number of hydrogen-bond donors (Lipinski definition) is 0. The lowest BCUT2D eigenvalue weighted by Gasteiger charge is -2.12. The lowest BCUT2D eigenvalue weighted by molar-refractivity contribution is -0.127. The van der Waals surface area contributed by atoms with Crippen LogP contribution in [0, 0.1) is 0 Å². The Hall–Kier alpha value is -2.24. The Morgan fingerprint density at radius 1 is 1.17 bits per heavy atom. The summed E-state index contributed by atoms with van der Waals surface area (Å²) in [6.07, 6.45) is -0.708. The number of alkyl halides is 3. The summed E-state index contributed by atoms with van der Waals surface area (Å²) >= 11 is 0. The molecule has 1 aromatic rings. The summed E-state index contributed by atoms with van der Waals surface area (Å²) in [6, 6.07) is 3.08. The van der Waals surface area contributed by atoms with Crippen LogP contribution in [0.5, 0.6) is 0 Å². The van der Waals surface area contributed by atoms with Gasteiger partial charge >= 0.3 is 6.18 Å². The monoisotopic (exact) mass is 250 g/mol. The standard InChI is InChI=1S/C12H5F3N2O/c13-12(14,15)8-5-6-1-2-9-7(3-4-16-9)10(6)17-11(8)18/h1-5H. The van der Waals surface area contributed by atoms with Gasteiger partial charge in [-0.05, 0) is 18.2 Å². The summed E-state index contributed by atoms with van der Waals surface area (Å²) in [4.78, 5) is 18.9. The number of carbonyl (C=O) groups excluding carboxylic acids is 1. The molecule has 1 amide bonds. The van der Waals surface area contributed by atoms with Crippen LogP contribution in [-0.4, -0.2) is 18.3 Å². The van der Waals surface area contributed by atoms with Gasteiger partial charge in [-0.1, -0.05) is 6.07 Å². The first kappa shape index (κ1) is 10.9. The first-order valence-corrected chi connectivity index (χ1v) is 5.06. The third-order valence-electron chi connectivity index (χ3n) is 2.73. The fraction of sp³-hybridized carbons (Fsp3) is 0.0833. The van der Waals surface area contributed by atoms with E-state index in [0.717, 1.165) is 6.08 Å². The molecule has 3 nitrogen and oxygen atoms in total. The van der Waals surface area contributed by atoms with E-state index in [1.54, 1.807) is 12.1 Å². The van der Waals surface area contributed by atoms with E-state index in [2.05, 4.69) is 9.98 Å². The summed E-state index contributed by atoms with van der Waals surface area (Å²) in [5, 5.41) is 0.835. The number of fused-ring (bicyclic) bond motifs is 3. The fourth-order valence-corrected chi connectivity index (χ4v) is 1.91. The molecule has 3 rings (SSSR count). The van der Waals surface area contributed by atoms with Crippen molar-refractivity contribution in [2.24, 2.45) is 9.98 Å². The van der Waals surface area contributed by atoms with Gasteiger partial charge in [-0.3, -0.25) is 9.79 Å². The van der Waals surface area contributed by atoms with Crippen molar-refractivity contribution in [2.75, 3.05) is 0 Å². The smallest absolute Gasteiger partial charge is 0.267 e. The first-order valence-electron chi connectivity index (χ1n) is 5.06. The molecule has 0 unspecified atom stereocenters. The largest absolute Gasteiger partial charge is 0.421 e.